The van der Waals surface area contributed by atoms with Crippen molar-refractivity contribution >= 4 is 29.0 Å². The maximum Gasteiger partial charge on any atom is 0.249 e. The quantitative estimate of drug-likeness (QED) is 0.670. The summed E-state index contributed by atoms with van der Waals surface area (Å²) in [6, 6.07) is 4.78. The van der Waals surface area contributed by atoms with Crippen molar-refractivity contribution in [1.29, 1.82) is 5.41 Å². The van der Waals surface area contributed by atoms with Crippen LogP contribution < -0.4 is 10.5 Å². The van der Waals surface area contributed by atoms with Crippen molar-refractivity contribution < 1.29 is 4.74 Å². The van der Waals surface area contributed by atoms with E-state index >= 15 is 0 Å². The monoisotopic (exact) mass is 282 g/mol. The number of hydrogen-bond donors (Lipinski definition) is 2. The Morgan fingerprint density at radius 2 is 1.94 bits per heavy atom. The van der Waals surface area contributed by atoms with Gasteiger partial charge in [0, 0.05) is 23.5 Å². The molecule has 5 nitrogen and oxygen atoms in total. The molecular weight excluding hydrogens is 275 g/mol. The normalized spacial score (nSPS) is 10.1. The first-order valence-electron chi connectivity index (χ1n) is 4.86. The SMILES string of the molecule is N=C(N)c1nccnc1Oc1cc(Cl)ccc1Cl. The Balaban J connectivity index is 2.40. The first kappa shape index (κ1) is 12.6. The van der Waals surface area contributed by atoms with Crippen molar-refractivity contribution in [2.45, 2.75) is 0 Å². The molecule has 18 heavy (non-hydrogen) atoms. The predicted octanol–water partition coefficient (Wildman–Crippen LogP) is 2.86. The molecule has 0 saturated heterocycles. The van der Waals surface area contributed by atoms with Gasteiger partial charge in [0.25, 0.3) is 0 Å². The van der Waals surface area contributed by atoms with Crippen molar-refractivity contribution in [2.75, 3.05) is 0 Å². The van der Waals surface area contributed by atoms with Crippen LogP contribution in [0.4, 0.5) is 0 Å². The summed E-state index contributed by atoms with van der Waals surface area (Å²) in [7, 11) is 0. The molecule has 2 rings (SSSR count). The molecule has 3 N–H and O–H groups in total. The highest BCUT2D eigenvalue weighted by Gasteiger charge is 2.12. The lowest BCUT2D eigenvalue weighted by atomic mass is 10.3. The first-order valence-corrected chi connectivity index (χ1v) is 5.62. The molecule has 0 fully saturated rings. The van der Waals surface area contributed by atoms with Gasteiger partial charge >= 0.3 is 0 Å². The Morgan fingerprint density at radius 1 is 1.22 bits per heavy atom. The molecule has 0 spiro atoms. The summed E-state index contributed by atoms with van der Waals surface area (Å²) in [6.45, 7) is 0. The van der Waals surface area contributed by atoms with Crippen LogP contribution in [0.15, 0.2) is 30.6 Å². The smallest absolute Gasteiger partial charge is 0.249 e. The number of benzene rings is 1. The summed E-state index contributed by atoms with van der Waals surface area (Å²) in [5.41, 5.74) is 5.52. The van der Waals surface area contributed by atoms with Gasteiger partial charge in [-0.2, -0.15) is 0 Å². The van der Waals surface area contributed by atoms with Crippen LogP contribution in [0.25, 0.3) is 0 Å². The fraction of sp³-hybridized carbons (Fsp3) is 0. The Labute approximate surface area is 113 Å². The third kappa shape index (κ3) is 2.69. The van der Waals surface area contributed by atoms with Crippen LogP contribution >= 0.6 is 23.2 Å². The Morgan fingerprint density at radius 3 is 2.67 bits per heavy atom. The van der Waals surface area contributed by atoms with E-state index in [-0.39, 0.29) is 17.4 Å². The molecule has 0 bridgehead atoms. The van der Waals surface area contributed by atoms with Crippen LogP contribution in [0.1, 0.15) is 5.69 Å². The number of amidine groups is 1. The number of hydrogen-bond acceptors (Lipinski definition) is 4. The zero-order chi connectivity index (χ0) is 13.1. The number of nitrogens with two attached hydrogens (primary N) is 1. The summed E-state index contributed by atoms with van der Waals surface area (Å²) < 4.78 is 5.47. The molecule has 0 radical (unpaired) electrons. The Hall–Kier alpha value is -1.85. The number of ether oxygens (including phenoxy) is 1. The molecular formula is C11H8Cl2N4O. The zero-order valence-electron chi connectivity index (χ0n) is 9.02. The minimum atomic E-state index is -0.240. The minimum Gasteiger partial charge on any atom is -0.435 e. The summed E-state index contributed by atoms with van der Waals surface area (Å²) >= 11 is 11.8. The topological polar surface area (TPSA) is 84.9 Å². The molecule has 2 aromatic rings. The van der Waals surface area contributed by atoms with Gasteiger partial charge in [0.1, 0.15) is 11.6 Å². The largest absolute Gasteiger partial charge is 0.435 e. The third-order valence-corrected chi connectivity index (χ3v) is 2.57. The lowest BCUT2D eigenvalue weighted by Gasteiger charge is -2.09. The van der Waals surface area contributed by atoms with Gasteiger partial charge in [-0.15, -0.1) is 0 Å². The van der Waals surface area contributed by atoms with Gasteiger partial charge in [-0.25, -0.2) is 9.97 Å². The molecule has 0 aliphatic heterocycles. The predicted molar refractivity (Wildman–Crippen MR) is 69.6 cm³/mol. The van der Waals surface area contributed by atoms with Crippen LogP contribution in [0.5, 0.6) is 11.6 Å². The van der Waals surface area contributed by atoms with Crippen LogP contribution in [0, 0.1) is 5.41 Å². The molecule has 0 unspecified atom stereocenters. The molecule has 0 aliphatic carbocycles. The van der Waals surface area contributed by atoms with Gasteiger partial charge in [-0.05, 0) is 12.1 Å². The van der Waals surface area contributed by atoms with E-state index in [0.29, 0.717) is 15.8 Å². The molecule has 7 heteroatoms. The average Bonchev–Trinajstić information content (AvgIpc) is 2.34. The van der Waals surface area contributed by atoms with Gasteiger partial charge in [0.15, 0.2) is 5.69 Å². The van der Waals surface area contributed by atoms with Crippen molar-refractivity contribution in [3.63, 3.8) is 0 Å². The molecule has 0 atom stereocenters. The maximum atomic E-state index is 7.37. The number of halogens is 2. The van der Waals surface area contributed by atoms with E-state index in [1.165, 1.54) is 12.4 Å². The highest BCUT2D eigenvalue weighted by molar-refractivity contribution is 6.34. The van der Waals surface area contributed by atoms with Gasteiger partial charge < -0.3 is 10.5 Å². The Bertz CT molecular complexity index is 603. The van der Waals surface area contributed by atoms with Gasteiger partial charge in [0.05, 0.1) is 5.02 Å². The van der Waals surface area contributed by atoms with Gasteiger partial charge in [-0.1, -0.05) is 23.2 Å². The number of rotatable bonds is 3. The standard InChI is InChI=1S/C11H8Cl2N4O/c12-6-1-2-7(13)8(5-6)18-11-9(10(14)15)16-3-4-17-11/h1-5H,(H3,14,15). The number of nitrogen functional groups attached to an aromatic ring is 1. The highest BCUT2D eigenvalue weighted by Crippen LogP contribution is 2.31. The second-order valence-electron chi connectivity index (χ2n) is 3.30. The van der Waals surface area contributed by atoms with E-state index < -0.39 is 0 Å². The van der Waals surface area contributed by atoms with Gasteiger partial charge in [0.2, 0.25) is 5.88 Å². The number of aromatic nitrogens is 2. The van der Waals surface area contributed by atoms with E-state index in [1.807, 2.05) is 0 Å². The summed E-state index contributed by atoms with van der Waals surface area (Å²) in [4.78, 5) is 7.87. The lowest BCUT2D eigenvalue weighted by molar-refractivity contribution is 0.459. The highest BCUT2D eigenvalue weighted by atomic mass is 35.5. The van der Waals surface area contributed by atoms with E-state index in [0.717, 1.165) is 0 Å². The third-order valence-electron chi connectivity index (χ3n) is 2.02. The molecule has 0 amide bonds. The van der Waals surface area contributed by atoms with Crippen molar-refractivity contribution in [3.8, 4) is 11.6 Å². The van der Waals surface area contributed by atoms with Crippen molar-refractivity contribution in [2.24, 2.45) is 5.73 Å². The molecule has 1 aromatic carbocycles. The van der Waals surface area contributed by atoms with E-state index in [2.05, 4.69) is 9.97 Å². The molecule has 0 aliphatic rings. The number of nitrogens with zero attached hydrogens (tertiary/aromatic N) is 2. The first-order chi connectivity index (χ1) is 8.58. The molecule has 1 heterocycles. The van der Waals surface area contributed by atoms with Gasteiger partial charge in [-0.3, -0.25) is 5.41 Å². The fourth-order valence-electron chi connectivity index (χ4n) is 1.24. The second kappa shape index (κ2) is 5.20. The Kier molecular flexibility index (Phi) is 3.64. The van der Waals surface area contributed by atoms with E-state index in [4.69, 9.17) is 39.1 Å². The van der Waals surface area contributed by atoms with Crippen molar-refractivity contribution in [1.82, 2.24) is 9.97 Å². The average molecular weight is 283 g/mol. The minimum absolute atomic E-state index is 0.106. The van der Waals surface area contributed by atoms with E-state index in [9.17, 15) is 0 Å². The summed E-state index contributed by atoms with van der Waals surface area (Å²) in [6.07, 6.45) is 2.85. The summed E-state index contributed by atoms with van der Waals surface area (Å²) in [5.74, 6) is 0.192. The second-order valence-corrected chi connectivity index (χ2v) is 4.14. The van der Waals surface area contributed by atoms with Crippen LogP contribution in [0.2, 0.25) is 10.0 Å². The fourth-order valence-corrected chi connectivity index (χ4v) is 1.56. The lowest BCUT2D eigenvalue weighted by Crippen LogP contribution is -2.15. The van der Waals surface area contributed by atoms with E-state index in [1.54, 1.807) is 18.2 Å². The zero-order valence-corrected chi connectivity index (χ0v) is 10.5. The van der Waals surface area contributed by atoms with Crippen LogP contribution in [-0.2, 0) is 0 Å². The van der Waals surface area contributed by atoms with Crippen LogP contribution in [0.3, 0.4) is 0 Å². The maximum absolute atomic E-state index is 7.37. The van der Waals surface area contributed by atoms with Crippen LogP contribution in [-0.4, -0.2) is 15.8 Å². The molecule has 92 valence electrons. The molecule has 0 saturated carbocycles. The number of nitrogens with one attached hydrogen (secondary N) is 1. The molecule has 1 aromatic heterocycles. The van der Waals surface area contributed by atoms with Crippen molar-refractivity contribution in [3.05, 3.63) is 46.3 Å². The summed E-state index contributed by atoms with van der Waals surface area (Å²) in [5, 5.41) is 8.22.